The molecular weight excluding hydrogens is 266 g/mol. The first kappa shape index (κ1) is 16.0. The molecule has 0 atom stereocenters. The zero-order chi connectivity index (χ0) is 15.2. The standard InChI is InChI=1S/C16H27N3O2/c1-3-13-4-6-14(7-5-13)16(21)19(8-9-20)11-15-10-17-12-18(15)2/h10,12-14,20H,3-9,11H2,1-2H3. The van der Waals surface area contributed by atoms with Gasteiger partial charge in [0.1, 0.15) is 0 Å². The van der Waals surface area contributed by atoms with E-state index in [0.29, 0.717) is 13.1 Å². The Bertz CT molecular complexity index is 450. The Morgan fingerprint density at radius 1 is 1.43 bits per heavy atom. The average Bonchev–Trinajstić information content (AvgIpc) is 2.91. The maximum Gasteiger partial charge on any atom is 0.226 e. The fourth-order valence-corrected chi connectivity index (χ4v) is 3.20. The van der Waals surface area contributed by atoms with Gasteiger partial charge in [0.25, 0.3) is 0 Å². The van der Waals surface area contributed by atoms with Gasteiger partial charge in [-0.1, -0.05) is 13.3 Å². The molecule has 1 aliphatic carbocycles. The van der Waals surface area contributed by atoms with E-state index in [4.69, 9.17) is 0 Å². The normalized spacial score (nSPS) is 22.2. The monoisotopic (exact) mass is 293 g/mol. The van der Waals surface area contributed by atoms with Crippen molar-refractivity contribution in [3.8, 4) is 0 Å². The summed E-state index contributed by atoms with van der Waals surface area (Å²) in [7, 11) is 1.93. The molecule has 5 nitrogen and oxygen atoms in total. The molecule has 2 rings (SSSR count). The number of aliphatic hydroxyl groups excluding tert-OH is 1. The Kier molecular flexibility index (Phi) is 5.79. The van der Waals surface area contributed by atoms with Crippen LogP contribution in [0.5, 0.6) is 0 Å². The number of hydrogen-bond acceptors (Lipinski definition) is 3. The minimum atomic E-state index is 0.00783. The minimum Gasteiger partial charge on any atom is -0.395 e. The highest BCUT2D eigenvalue weighted by molar-refractivity contribution is 5.78. The van der Waals surface area contributed by atoms with E-state index in [-0.39, 0.29) is 18.4 Å². The Hall–Kier alpha value is -1.36. The van der Waals surface area contributed by atoms with Crippen LogP contribution >= 0.6 is 0 Å². The Labute approximate surface area is 127 Å². The van der Waals surface area contributed by atoms with Gasteiger partial charge in [0.05, 0.1) is 25.2 Å². The van der Waals surface area contributed by atoms with Crippen molar-refractivity contribution >= 4 is 5.91 Å². The molecule has 1 fully saturated rings. The Morgan fingerprint density at radius 3 is 2.67 bits per heavy atom. The van der Waals surface area contributed by atoms with Gasteiger partial charge in [0.15, 0.2) is 0 Å². The molecule has 0 aliphatic heterocycles. The lowest BCUT2D eigenvalue weighted by Gasteiger charge is -2.31. The molecule has 1 aliphatic rings. The molecule has 5 heteroatoms. The number of amides is 1. The van der Waals surface area contributed by atoms with Gasteiger partial charge in [0.2, 0.25) is 5.91 Å². The van der Waals surface area contributed by atoms with Crippen molar-refractivity contribution in [2.45, 2.75) is 45.6 Å². The van der Waals surface area contributed by atoms with E-state index in [0.717, 1.165) is 37.3 Å². The highest BCUT2D eigenvalue weighted by atomic mass is 16.3. The Balaban J connectivity index is 1.97. The molecule has 1 N–H and O–H groups in total. The molecule has 0 unspecified atom stereocenters. The predicted molar refractivity (Wildman–Crippen MR) is 81.4 cm³/mol. The summed E-state index contributed by atoms with van der Waals surface area (Å²) < 4.78 is 1.92. The van der Waals surface area contributed by atoms with Crippen LogP contribution in [0, 0.1) is 11.8 Å². The van der Waals surface area contributed by atoms with E-state index in [1.54, 1.807) is 17.4 Å². The summed E-state index contributed by atoms with van der Waals surface area (Å²) in [6.07, 6.45) is 9.04. The van der Waals surface area contributed by atoms with E-state index in [1.165, 1.54) is 6.42 Å². The fourth-order valence-electron chi connectivity index (χ4n) is 3.20. The third-order valence-corrected chi connectivity index (χ3v) is 4.72. The van der Waals surface area contributed by atoms with Crippen LogP contribution in [0.2, 0.25) is 0 Å². The molecule has 1 saturated carbocycles. The summed E-state index contributed by atoms with van der Waals surface area (Å²) in [6.45, 7) is 3.17. The summed E-state index contributed by atoms with van der Waals surface area (Å²) in [5, 5.41) is 9.25. The van der Waals surface area contributed by atoms with Crippen molar-refractivity contribution in [2.75, 3.05) is 13.2 Å². The van der Waals surface area contributed by atoms with Gasteiger partial charge in [-0.2, -0.15) is 0 Å². The molecule has 0 radical (unpaired) electrons. The second-order valence-electron chi connectivity index (χ2n) is 6.11. The number of hydrogen-bond donors (Lipinski definition) is 1. The number of carbonyl (C=O) groups is 1. The molecular formula is C16H27N3O2. The van der Waals surface area contributed by atoms with Gasteiger partial charge in [-0.25, -0.2) is 4.98 Å². The number of aromatic nitrogens is 2. The second-order valence-corrected chi connectivity index (χ2v) is 6.11. The van der Waals surface area contributed by atoms with Crippen LogP contribution in [0.1, 0.15) is 44.7 Å². The van der Waals surface area contributed by atoms with Crippen molar-refractivity contribution in [3.63, 3.8) is 0 Å². The van der Waals surface area contributed by atoms with Crippen LogP contribution in [-0.4, -0.2) is 38.6 Å². The number of aliphatic hydroxyl groups is 1. The third kappa shape index (κ3) is 4.06. The summed E-state index contributed by atoms with van der Waals surface area (Å²) in [4.78, 5) is 18.6. The van der Waals surface area contributed by atoms with Crippen LogP contribution in [-0.2, 0) is 18.4 Å². The van der Waals surface area contributed by atoms with Crippen molar-refractivity contribution in [3.05, 3.63) is 18.2 Å². The van der Waals surface area contributed by atoms with Gasteiger partial charge in [-0.05, 0) is 31.6 Å². The molecule has 0 bridgehead atoms. The molecule has 118 valence electrons. The summed E-state index contributed by atoms with van der Waals surface area (Å²) in [5.41, 5.74) is 0.999. The largest absolute Gasteiger partial charge is 0.395 e. The smallest absolute Gasteiger partial charge is 0.226 e. The van der Waals surface area contributed by atoms with E-state index in [2.05, 4.69) is 11.9 Å². The van der Waals surface area contributed by atoms with Gasteiger partial charge < -0.3 is 14.6 Å². The number of aryl methyl sites for hydroxylation is 1. The zero-order valence-electron chi connectivity index (χ0n) is 13.2. The molecule has 1 aromatic heterocycles. The lowest BCUT2D eigenvalue weighted by Crippen LogP contribution is -2.39. The highest BCUT2D eigenvalue weighted by Gasteiger charge is 2.29. The van der Waals surface area contributed by atoms with Crippen LogP contribution in [0.3, 0.4) is 0 Å². The van der Waals surface area contributed by atoms with Gasteiger partial charge in [-0.15, -0.1) is 0 Å². The first-order valence-electron chi connectivity index (χ1n) is 8.00. The number of nitrogens with zero attached hydrogens (tertiary/aromatic N) is 3. The first-order valence-corrected chi connectivity index (χ1v) is 8.00. The lowest BCUT2D eigenvalue weighted by molar-refractivity contribution is -0.138. The summed E-state index contributed by atoms with van der Waals surface area (Å²) >= 11 is 0. The van der Waals surface area contributed by atoms with E-state index in [9.17, 15) is 9.90 Å². The van der Waals surface area contributed by atoms with E-state index < -0.39 is 0 Å². The lowest BCUT2D eigenvalue weighted by atomic mass is 9.80. The fraction of sp³-hybridized carbons (Fsp3) is 0.750. The van der Waals surface area contributed by atoms with Crippen LogP contribution in [0.4, 0.5) is 0 Å². The van der Waals surface area contributed by atoms with Gasteiger partial charge in [-0.3, -0.25) is 4.79 Å². The second kappa shape index (κ2) is 7.59. The van der Waals surface area contributed by atoms with Crippen molar-refractivity contribution < 1.29 is 9.90 Å². The number of rotatable bonds is 6. The highest BCUT2D eigenvalue weighted by Crippen LogP contribution is 2.31. The summed E-state index contributed by atoms with van der Waals surface area (Å²) in [6, 6.07) is 0. The van der Waals surface area contributed by atoms with E-state index in [1.807, 2.05) is 11.6 Å². The summed E-state index contributed by atoms with van der Waals surface area (Å²) in [5.74, 6) is 1.12. The molecule has 21 heavy (non-hydrogen) atoms. The predicted octanol–water partition coefficient (Wildman–Crippen LogP) is 1.96. The van der Waals surface area contributed by atoms with Crippen LogP contribution < -0.4 is 0 Å². The van der Waals surface area contributed by atoms with Crippen LogP contribution in [0.25, 0.3) is 0 Å². The molecule has 0 saturated heterocycles. The maximum absolute atomic E-state index is 12.7. The maximum atomic E-state index is 12.7. The van der Waals surface area contributed by atoms with Gasteiger partial charge in [0, 0.05) is 25.7 Å². The van der Waals surface area contributed by atoms with Crippen molar-refractivity contribution in [1.29, 1.82) is 0 Å². The molecule has 1 aromatic rings. The zero-order valence-corrected chi connectivity index (χ0v) is 13.2. The van der Waals surface area contributed by atoms with Gasteiger partial charge >= 0.3 is 0 Å². The Morgan fingerprint density at radius 2 is 2.14 bits per heavy atom. The van der Waals surface area contributed by atoms with Crippen LogP contribution in [0.15, 0.2) is 12.5 Å². The molecule has 1 amide bonds. The number of imidazole rings is 1. The topological polar surface area (TPSA) is 58.4 Å². The number of carbonyl (C=O) groups excluding carboxylic acids is 1. The third-order valence-electron chi connectivity index (χ3n) is 4.72. The molecule has 0 spiro atoms. The van der Waals surface area contributed by atoms with E-state index >= 15 is 0 Å². The molecule has 0 aromatic carbocycles. The first-order chi connectivity index (χ1) is 10.2. The van der Waals surface area contributed by atoms with Crippen molar-refractivity contribution in [2.24, 2.45) is 18.9 Å². The average molecular weight is 293 g/mol. The molecule has 1 heterocycles. The minimum absolute atomic E-state index is 0.00783. The quantitative estimate of drug-likeness (QED) is 0.872. The van der Waals surface area contributed by atoms with Crippen molar-refractivity contribution in [1.82, 2.24) is 14.5 Å². The SMILES string of the molecule is CCC1CCC(C(=O)N(CCO)Cc2cncn2C)CC1.